The molecule has 1 aromatic carbocycles. The van der Waals surface area contributed by atoms with E-state index in [2.05, 4.69) is 138 Å². The number of piperidine rings is 1. The quantitative estimate of drug-likeness (QED) is 0.173. The van der Waals surface area contributed by atoms with E-state index in [1.165, 1.54) is 36.3 Å². The van der Waals surface area contributed by atoms with Crippen molar-refractivity contribution < 1.29 is 28.8 Å². The first-order valence-electron chi connectivity index (χ1n) is 28.6. The molecule has 5 aliphatic rings. The minimum atomic E-state index is -0.175. The predicted molar refractivity (Wildman–Crippen MR) is 319 cm³/mol. The largest absolute Gasteiger partial charge is 0.339 e. The summed E-state index contributed by atoms with van der Waals surface area (Å²) in [6.45, 7) is 50.8. The van der Waals surface area contributed by atoms with Crippen molar-refractivity contribution in [2.75, 3.05) is 57.7 Å². The SMILES string of the molecule is C=CC(=O)N1CCC(C(C)C)C1.C=CC(=O)N1CCCC(C(C)C)C1.C=CC(=O)N1CCCC1C(C)C.C=CC(=O)Nc1cccc(C(C)C)c1.CC#CC(=O)N1CCC(C(C)C)C1.CC#CC(=O)N1CCCC1C(C)C. The van der Waals surface area contributed by atoms with Crippen molar-refractivity contribution in [3.05, 3.63) is 80.4 Å². The van der Waals surface area contributed by atoms with Crippen LogP contribution in [-0.2, 0) is 28.8 Å². The van der Waals surface area contributed by atoms with Gasteiger partial charge in [0.25, 0.3) is 11.8 Å². The molecule has 428 valence electrons. The maximum Gasteiger partial charge on any atom is 0.298 e. The van der Waals surface area contributed by atoms with E-state index in [4.69, 9.17) is 0 Å². The molecule has 5 heterocycles. The van der Waals surface area contributed by atoms with Crippen LogP contribution < -0.4 is 5.32 Å². The monoisotopic (exact) mass is 1060 g/mol. The summed E-state index contributed by atoms with van der Waals surface area (Å²) in [5.74, 6) is 16.2. The average molecular weight is 1060 g/mol. The zero-order valence-electron chi connectivity index (χ0n) is 50.3. The summed E-state index contributed by atoms with van der Waals surface area (Å²) in [5, 5.41) is 2.73. The Morgan fingerprint density at radius 2 is 0.935 bits per heavy atom. The second-order valence-electron chi connectivity index (χ2n) is 22.8. The van der Waals surface area contributed by atoms with Crippen LogP contribution in [0.4, 0.5) is 5.69 Å². The van der Waals surface area contributed by atoms with Gasteiger partial charge in [0.1, 0.15) is 0 Å². The Bertz CT molecular complexity index is 2190. The van der Waals surface area contributed by atoms with Crippen LogP contribution in [0, 0.1) is 71.0 Å². The summed E-state index contributed by atoms with van der Waals surface area (Å²) in [7, 11) is 0. The number of carbonyl (C=O) groups excluding carboxylic acids is 6. The zero-order valence-corrected chi connectivity index (χ0v) is 50.3. The molecule has 0 radical (unpaired) electrons. The maximum absolute atomic E-state index is 11.5. The molecule has 0 aliphatic carbocycles. The van der Waals surface area contributed by atoms with Gasteiger partial charge in [-0.3, -0.25) is 28.8 Å². The van der Waals surface area contributed by atoms with Crippen LogP contribution in [-0.4, -0.2) is 124 Å². The first-order chi connectivity index (χ1) is 36.4. The van der Waals surface area contributed by atoms with E-state index in [1.54, 1.807) is 13.8 Å². The lowest BCUT2D eigenvalue weighted by molar-refractivity contribution is -0.128. The third kappa shape index (κ3) is 25.0. The molecule has 5 atom stereocenters. The standard InChI is InChI=1S/C12H15NO.C11H19NO.2C11H17NO.2C10H17NO/c1-4-12(14)13-11-7-5-6-10(8-11)9(2)3;1-4-11(13)12-7-5-6-10(8-12)9(2)3;1-4-6-11(13)12-8-5-7-10(12)9(2)3;1-4-5-11(13)12-7-6-10(8-12)9(2)3;1-4-10(12)11-6-5-9(7-11)8(2)3;1-4-10(12)11-7-5-6-9(11)8(2)3/h4-9H,1H2,2-3H3,(H,13,14);4,9-10H,1,5-8H2,2-3H3;9-10H,5,7-8H2,1-3H3;9-10H,6-8H2,1-3H3;2*4,8-9H,1,5-7H2,2-3H3. The normalized spacial score (nSPS) is 20.3. The van der Waals surface area contributed by atoms with Crippen molar-refractivity contribution in [2.45, 2.75) is 166 Å². The van der Waals surface area contributed by atoms with Crippen LogP contribution >= 0.6 is 0 Å². The molecule has 6 rings (SSSR count). The Morgan fingerprint density at radius 3 is 1.38 bits per heavy atom. The summed E-state index contributed by atoms with van der Waals surface area (Å²) in [4.78, 5) is 77.3. The molecule has 1 aromatic rings. The van der Waals surface area contributed by atoms with Gasteiger partial charge in [0.2, 0.25) is 23.6 Å². The van der Waals surface area contributed by atoms with Crippen LogP contribution in [0.5, 0.6) is 0 Å². The fourth-order valence-electron chi connectivity index (χ4n) is 10.2. The van der Waals surface area contributed by atoms with E-state index in [-0.39, 0.29) is 35.4 Å². The Labute approximate surface area is 468 Å². The molecule has 0 aromatic heterocycles. The number of amides is 6. The fraction of sp³-hybridized carbons (Fsp3) is 0.631. The number of rotatable bonds is 11. The number of hydrogen-bond acceptors (Lipinski definition) is 6. The van der Waals surface area contributed by atoms with Crippen molar-refractivity contribution in [1.29, 1.82) is 0 Å². The van der Waals surface area contributed by atoms with Gasteiger partial charge in [-0.2, -0.15) is 0 Å². The average Bonchev–Trinajstić information content (AvgIpc) is 4.27. The molecule has 6 amide bonds. The first kappa shape index (κ1) is 69.1. The molecule has 1 N–H and O–H groups in total. The summed E-state index contributed by atoms with van der Waals surface area (Å²) in [6.07, 6.45) is 14.7. The summed E-state index contributed by atoms with van der Waals surface area (Å²) in [5.41, 5.74) is 2.04. The Kier molecular flexibility index (Phi) is 33.2. The minimum absolute atomic E-state index is 0.00120. The zero-order chi connectivity index (χ0) is 58.4. The predicted octanol–water partition coefficient (Wildman–Crippen LogP) is 11.7. The van der Waals surface area contributed by atoms with Gasteiger partial charge in [-0.1, -0.05) is 133 Å². The van der Waals surface area contributed by atoms with Crippen LogP contribution in [0.2, 0.25) is 0 Å². The highest BCUT2D eigenvalue weighted by Crippen LogP contribution is 2.27. The lowest BCUT2D eigenvalue weighted by Gasteiger charge is -2.34. The van der Waals surface area contributed by atoms with Gasteiger partial charge < -0.3 is 29.8 Å². The number of benzene rings is 1. The van der Waals surface area contributed by atoms with Gasteiger partial charge in [-0.05, 0) is 172 Å². The Balaban J connectivity index is 0.000000462. The molecule has 5 aliphatic heterocycles. The molecule has 12 heteroatoms. The number of carbonyl (C=O) groups is 6. The maximum atomic E-state index is 11.5. The molecule has 0 spiro atoms. The van der Waals surface area contributed by atoms with E-state index < -0.39 is 0 Å². The Hall–Kier alpha value is -5.88. The van der Waals surface area contributed by atoms with E-state index >= 15 is 0 Å². The number of nitrogens with one attached hydrogen (secondary N) is 1. The van der Waals surface area contributed by atoms with Crippen molar-refractivity contribution in [2.24, 2.45) is 47.3 Å². The number of anilines is 1. The van der Waals surface area contributed by atoms with Crippen LogP contribution in [0.1, 0.15) is 160 Å². The van der Waals surface area contributed by atoms with Crippen molar-refractivity contribution in [3.63, 3.8) is 0 Å². The molecular formula is C65H102N6O6. The van der Waals surface area contributed by atoms with Gasteiger partial charge in [0.05, 0.1) is 0 Å². The summed E-state index contributed by atoms with van der Waals surface area (Å²) >= 11 is 0. The van der Waals surface area contributed by atoms with Crippen molar-refractivity contribution in [1.82, 2.24) is 24.5 Å². The topological polar surface area (TPSA) is 131 Å². The van der Waals surface area contributed by atoms with E-state index in [9.17, 15) is 28.8 Å². The van der Waals surface area contributed by atoms with E-state index in [1.807, 2.05) is 48.8 Å². The van der Waals surface area contributed by atoms with Gasteiger partial charge in [-0.15, -0.1) is 0 Å². The van der Waals surface area contributed by atoms with E-state index in [0.717, 1.165) is 103 Å². The molecule has 5 saturated heterocycles. The number of hydrogen-bond donors (Lipinski definition) is 1. The molecule has 5 fully saturated rings. The molecule has 5 unspecified atom stereocenters. The third-order valence-electron chi connectivity index (χ3n) is 15.3. The number of likely N-dealkylation sites (tertiary alicyclic amines) is 5. The molecule has 0 saturated carbocycles. The van der Waals surface area contributed by atoms with Gasteiger partial charge >= 0.3 is 0 Å². The molecule has 77 heavy (non-hydrogen) atoms. The van der Waals surface area contributed by atoms with Crippen LogP contribution in [0.25, 0.3) is 0 Å². The number of nitrogens with zero attached hydrogens (tertiary/aromatic N) is 5. The highest BCUT2D eigenvalue weighted by atomic mass is 16.2. The third-order valence-corrected chi connectivity index (χ3v) is 15.3. The van der Waals surface area contributed by atoms with Crippen molar-refractivity contribution >= 4 is 41.1 Å². The highest BCUT2D eigenvalue weighted by Gasteiger charge is 2.31. The lowest BCUT2D eigenvalue weighted by atomic mass is 9.88. The smallest absolute Gasteiger partial charge is 0.298 e. The highest BCUT2D eigenvalue weighted by molar-refractivity contribution is 5.99. The summed E-state index contributed by atoms with van der Waals surface area (Å²) in [6, 6.07) is 8.69. The van der Waals surface area contributed by atoms with Crippen LogP contribution in [0.3, 0.4) is 0 Å². The van der Waals surface area contributed by atoms with Crippen LogP contribution in [0.15, 0.2) is 74.9 Å². The van der Waals surface area contributed by atoms with Gasteiger partial charge in [0, 0.05) is 70.1 Å². The van der Waals surface area contributed by atoms with Crippen molar-refractivity contribution in [3.8, 4) is 23.7 Å². The first-order valence-corrected chi connectivity index (χ1v) is 28.6. The van der Waals surface area contributed by atoms with Gasteiger partial charge in [-0.25, -0.2) is 0 Å². The molecule has 0 bridgehead atoms. The van der Waals surface area contributed by atoms with E-state index in [0.29, 0.717) is 65.3 Å². The Morgan fingerprint density at radius 1 is 0.506 bits per heavy atom. The minimum Gasteiger partial charge on any atom is -0.339 e. The van der Waals surface area contributed by atoms with Gasteiger partial charge in [0.15, 0.2) is 0 Å². The second kappa shape index (κ2) is 37.0. The fourth-order valence-corrected chi connectivity index (χ4v) is 10.2. The summed E-state index contributed by atoms with van der Waals surface area (Å²) < 4.78 is 0. The molecule has 12 nitrogen and oxygen atoms in total. The second-order valence-corrected chi connectivity index (χ2v) is 22.8. The lowest BCUT2D eigenvalue weighted by Crippen LogP contribution is -2.40. The molecular weight excluding hydrogens is 961 g/mol.